The van der Waals surface area contributed by atoms with Crippen LogP contribution in [-0.4, -0.2) is 27.5 Å². The van der Waals surface area contributed by atoms with Gasteiger partial charge in [0.05, 0.1) is 6.42 Å². The van der Waals surface area contributed by atoms with Crippen LogP contribution in [0.25, 0.3) is 0 Å². The van der Waals surface area contributed by atoms with Crippen molar-refractivity contribution in [2.75, 3.05) is 6.54 Å². The normalized spacial score (nSPS) is 10.8. The highest BCUT2D eigenvalue weighted by Crippen LogP contribution is 2.13. The molecule has 2 rings (SSSR count). The molecule has 0 spiro atoms. The molecular formula is C16H17FN2O2. The molecule has 2 aromatic rings. The van der Waals surface area contributed by atoms with Gasteiger partial charge in [-0.3, -0.25) is 14.7 Å². The van der Waals surface area contributed by atoms with Crippen molar-refractivity contribution in [2.45, 2.75) is 19.5 Å². The predicted molar refractivity (Wildman–Crippen MR) is 77.0 cm³/mol. The number of hydrogen-bond donors (Lipinski definition) is 1. The van der Waals surface area contributed by atoms with Crippen molar-refractivity contribution in [1.29, 1.82) is 0 Å². The summed E-state index contributed by atoms with van der Waals surface area (Å²) >= 11 is 0. The number of carbonyl (C=O) groups is 1. The summed E-state index contributed by atoms with van der Waals surface area (Å²) in [6.07, 6.45) is 3.44. The topological polar surface area (TPSA) is 53.4 Å². The Morgan fingerprint density at radius 2 is 2.00 bits per heavy atom. The van der Waals surface area contributed by atoms with Gasteiger partial charge < -0.3 is 5.11 Å². The highest BCUT2D eigenvalue weighted by molar-refractivity contribution is 5.66. The Labute approximate surface area is 122 Å². The van der Waals surface area contributed by atoms with E-state index in [2.05, 4.69) is 4.98 Å². The van der Waals surface area contributed by atoms with Gasteiger partial charge in [-0.25, -0.2) is 4.39 Å². The standard InChI is InChI=1S/C16H17FN2O2/c17-15-6-2-1-5-14(15)12-19(9-7-16(20)21)11-13-4-3-8-18-10-13/h1-6,8,10H,7,9,11-12H2,(H,20,21). The molecule has 0 atom stereocenters. The minimum absolute atomic E-state index is 0.0225. The van der Waals surface area contributed by atoms with E-state index in [1.165, 1.54) is 6.07 Å². The summed E-state index contributed by atoms with van der Waals surface area (Å²) in [6.45, 7) is 1.27. The van der Waals surface area contributed by atoms with E-state index >= 15 is 0 Å². The van der Waals surface area contributed by atoms with Gasteiger partial charge in [-0.2, -0.15) is 0 Å². The van der Waals surface area contributed by atoms with E-state index in [1.54, 1.807) is 30.6 Å². The minimum atomic E-state index is -0.861. The van der Waals surface area contributed by atoms with Crippen LogP contribution in [0.3, 0.4) is 0 Å². The molecule has 0 aliphatic rings. The van der Waals surface area contributed by atoms with Crippen molar-refractivity contribution in [2.24, 2.45) is 0 Å². The molecule has 110 valence electrons. The fraction of sp³-hybridized carbons (Fsp3) is 0.250. The van der Waals surface area contributed by atoms with Crippen molar-refractivity contribution in [3.8, 4) is 0 Å². The zero-order valence-electron chi connectivity index (χ0n) is 11.6. The van der Waals surface area contributed by atoms with E-state index in [1.807, 2.05) is 17.0 Å². The number of carboxylic acids is 1. The molecule has 0 amide bonds. The molecule has 1 N–H and O–H groups in total. The van der Waals surface area contributed by atoms with Gasteiger partial charge in [-0.1, -0.05) is 24.3 Å². The third-order valence-electron chi connectivity index (χ3n) is 3.12. The summed E-state index contributed by atoms with van der Waals surface area (Å²) in [5, 5.41) is 8.84. The molecule has 21 heavy (non-hydrogen) atoms. The van der Waals surface area contributed by atoms with Gasteiger partial charge in [0.15, 0.2) is 0 Å². The van der Waals surface area contributed by atoms with E-state index < -0.39 is 5.97 Å². The second kappa shape index (κ2) is 7.50. The number of aromatic nitrogens is 1. The van der Waals surface area contributed by atoms with E-state index in [-0.39, 0.29) is 12.2 Å². The van der Waals surface area contributed by atoms with Crippen LogP contribution in [0.5, 0.6) is 0 Å². The highest BCUT2D eigenvalue weighted by atomic mass is 19.1. The Morgan fingerprint density at radius 1 is 1.19 bits per heavy atom. The van der Waals surface area contributed by atoms with E-state index in [9.17, 15) is 9.18 Å². The van der Waals surface area contributed by atoms with Gasteiger partial charge >= 0.3 is 5.97 Å². The largest absolute Gasteiger partial charge is 0.481 e. The van der Waals surface area contributed by atoms with Crippen molar-refractivity contribution < 1.29 is 14.3 Å². The number of hydrogen-bond acceptors (Lipinski definition) is 3. The van der Waals surface area contributed by atoms with E-state index in [4.69, 9.17) is 5.11 Å². The first-order chi connectivity index (χ1) is 10.1. The summed E-state index contributed by atoms with van der Waals surface area (Å²) in [7, 11) is 0. The Hall–Kier alpha value is -2.27. The Morgan fingerprint density at radius 3 is 2.67 bits per heavy atom. The molecule has 0 saturated carbocycles. The quantitative estimate of drug-likeness (QED) is 0.851. The lowest BCUT2D eigenvalue weighted by molar-refractivity contribution is -0.137. The monoisotopic (exact) mass is 288 g/mol. The van der Waals surface area contributed by atoms with E-state index in [0.29, 0.717) is 25.2 Å². The van der Waals surface area contributed by atoms with Gasteiger partial charge in [0, 0.05) is 37.6 Å². The molecule has 0 aliphatic heterocycles. The SMILES string of the molecule is O=C(O)CCN(Cc1cccnc1)Cc1ccccc1F. The maximum absolute atomic E-state index is 13.7. The molecule has 0 fully saturated rings. The molecule has 0 aliphatic carbocycles. The highest BCUT2D eigenvalue weighted by Gasteiger charge is 2.11. The summed E-state index contributed by atoms with van der Waals surface area (Å²) in [5.74, 6) is -1.14. The number of pyridine rings is 1. The number of rotatable bonds is 7. The van der Waals surface area contributed by atoms with Gasteiger partial charge in [0.2, 0.25) is 0 Å². The third-order valence-corrected chi connectivity index (χ3v) is 3.12. The first-order valence-corrected chi connectivity index (χ1v) is 6.71. The van der Waals surface area contributed by atoms with Gasteiger partial charge in [-0.15, -0.1) is 0 Å². The van der Waals surface area contributed by atoms with Crippen molar-refractivity contribution >= 4 is 5.97 Å². The summed E-state index contributed by atoms with van der Waals surface area (Å²) in [5.41, 5.74) is 1.53. The zero-order valence-corrected chi connectivity index (χ0v) is 11.6. The molecule has 4 nitrogen and oxygen atoms in total. The molecule has 0 saturated heterocycles. The Kier molecular flexibility index (Phi) is 5.40. The van der Waals surface area contributed by atoms with Crippen LogP contribution in [0.2, 0.25) is 0 Å². The molecule has 1 aromatic heterocycles. The van der Waals surface area contributed by atoms with Crippen LogP contribution in [0.4, 0.5) is 4.39 Å². The Balaban J connectivity index is 2.08. The fourth-order valence-electron chi connectivity index (χ4n) is 2.09. The van der Waals surface area contributed by atoms with Crippen LogP contribution < -0.4 is 0 Å². The fourth-order valence-corrected chi connectivity index (χ4v) is 2.09. The maximum Gasteiger partial charge on any atom is 0.304 e. The second-order valence-corrected chi connectivity index (χ2v) is 4.81. The van der Waals surface area contributed by atoms with E-state index in [0.717, 1.165) is 5.56 Å². The maximum atomic E-state index is 13.7. The number of benzene rings is 1. The van der Waals surface area contributed by atoms with Crippen LogP contribution >= 0.6 is 0 Å². The number of nitrogens with zero attached hydrogens (tertiary/aromatic N) is 2. The van der Waals surface area contributed by atoms with Crippen LogP contribution in [0, 0.1) is 5.82 Å². The van der Waals surface area contributed by atoms with Crippen molar-refractivity contribution in [1.82, 2.24) is 9.88 Å². The number of halogens is 1. The zero-order chi connectivity index (χ0) is 15.1. The summed E-state index contributed by atoms with van der Waals surface area (Å²) in [6, 6.07) is 10.3. The van der Waals surface area contributed by atoms with Crippen molar-refractivity contribution in [3.05, 3.63) is 65.7 Å². The van der Waals surface area contributed by atoms with Gasteiger partial charge in [0.25, 0.3) is 0 Å². The predicted octanol–water partition coefficient (Wildman–Crippen LogP) is 2.70. The first-order valence-electron chi connectivity index (χ1n) is 6.71. The lowest BCUT2D eigenvalue weighted by atomic mass is 10.1. The second-order valence-electron chi connectivity index (χ2n) is 4.81. The minimum Gasteiger partial charge on any atom is -0.481 e. The molecule has 0 radical (unpaired) electrons. The third kappa shape index (κ3) is 4.96. The molecule has 0 unspecified atom stereocenters. The molecule has 1 heterocycles. The lowest BCUT2D eigenvalue weighted by Gasteiger charge is -2.22. The molecule has 0 bridgehead atoms. The smallest absolute Gasteiger partial charge is 0.304 e. The van der Waals surface area contributed by atoms with Crippen molar-refractivity contribution in [3.63, 3.8) is 0 Å². The summed E-state index contributed by atoms with van der Waals surface area (Å²) < 4.78 is 13.7. The van der Waals surface area contributed by atoms with Crippen LogP contribution in [0.15, 0.2) is 48.8 Å². The van der Waals surface area contributed by atoms with Gasteiger partial charge in [-0.05, 0) is 17.7 Å². The molecule has 5 heteroatoms. The lowest BCUT2D eigenvalue weighted by Crippen LogP contribution is -2.26. The average Bonchev–Trinajstić information content (AvgIpc) is 2.48. The molecule has 1 aromatic carbocycles. The van der Waals surface area contributed by atoms with Crippen LogP contribution in [0.1, 0.15) is 17.5 Å². The number of aliphatic carboxylic acids is 1. The first kappa shape index (κ1) is 15.1. The summed E-state index contributed by atoms with van der Waals surface area (Å²) in [4.78, 5) is 16.7. The van der Waals surface area contributed by atoms with Gasteiger partial charge in [0.1, 0.15) is 5.82 Å². The Bertz CT molecular complexity index is 590. The van der Waals surface area contributed by atoms with Crippen LogP contribution in [-0.2, 0) is 17.9 Å². The average molecular weight is 288 g/mol. The molecular weight excluding hydrogens is 271 g/mol. The number of carboxylic acid groups (broad SMARTS) is 1.